The molecule has 0 heterocycles. The Hall–Kier alpha value is -1.80. The molecule has 2 aromatic rings. The third-order valence-electron chi connectivity index (χ3n) is 3.52. The number of nitrogens with zero attached hydrogens (tertiary/aromatic N) is 1. The minimum Gasteiger partial charge on any atom is -0.331 e. The van der Waals surface area contributed by atoms with Gasteiger partial charge in [-0.1, -0.05) is 48.0 Å². The van der Waals surface area contributed by atoms with E-state index in [1.807, 2.05) is 35.2 Å². The highest BCUT2D eigenvalue weighted by Gasteiger charge is 2.33. The van der Waals surface area contributed by atoms with E-state index in [0.717, 1.165) is 18.4 Å². The largest absolute Gasteiger partial charge is 0.331 e. The number of hydrogen-bond donors (Lipinski definition) is 0. The molecule has 0 radical (unpaired) electrons. The summed E-state index contributed by atoms with van der Waals surface area (Å²) in [6, 6.07) is 17.7. The van der Waals surface area contributed by atoms with Gasteiger partial charge in [-0.3, -0.25) is 4.79 Å². The molecule has 2 nitrogen and oxygen atoms in total. The Morgan fingerprint density at radius 1 is 1.10 bits per heavy atom. The molecular formula is C17H16ClNO. The molecule has 3 heteroatoms. The summed E-state index contributed by atoms with van der Waals surface area (Å²) >= 11 is 5.98. The van der Waals surface area contributed by atoms with E-state index in [1.165, 1.54) is 0 Å². The van der Waals surface area contributed by atoms with Crippen molar-refractivity contribution >= 4 is 17.5 Å². The fourth-order valence-corrected chi connectivity index (χ4v) is 2.51. The van der Waals surface area contributed by atoms with Crippen LogP contribution in [-0.4, -0.2) is 16.8 Å². The zero-order chi connectivity index (χ0) is 13.9. The molecule has 1 amide bonds. The minimum atomic E-state index is 0.0684. The molecule has 2 aromatic carbocycles. The van der Waals surface area contributed by atoms with Gasteiger partial charge in [0.2, 0.25) is 0 Å². The maximum Gasteiger partial charge on any atom is 0.254 e. The molecule has 102 valence electrons. The number of amides is 1. The average molecular weight is 286 g/mol. The summed E-state index contributed by atoms with van der Waals surface area (Å²) < 4.78 is 0. The highest BCUT2D eigenvalue weighted by molar-refractivity contribution is 6.30. The molecule has 0 aliphatic heterocycles. The molecule has 0 saturated heterocycles. The molecule has 0 N–H and O–H groups in total. The van der Waals surface area contributed by atoms with Crippen molar-refractivity contribution in [1.82, 2.24) is 4.90 Å². The fraction of sp³-hybridized carbons (Fsp3) is 0.235. The lowest BCUT2D eigenvalue weighted by atomic mass is 10.1. The van der Waals surface area contributed by atoms with E-state index < -0.39 is 0 Å². The first-order valence-electron chi connectivity index (χ1n) is 6.84. The van der Waals surface area contributed by atoms with Crippen molar-refractivity contribution in [2.45, 2.75) is 25.4 Å². The van der Waals surface area contributed by atoms with Gasteiger partial charge in [-0.2, -0.15) is 0 Å². The first-order valence-corrected chi connectivity index (χ1v) is 7.22. The van der Waals surface area contributed by atoms with E-state index in [1.54, 1.807) is 12.1 Å². The van der Waals surface area contributed by atoms with E-state index in [2.05, 4.69) is 12.1 Å². The van der Waals surface area contributed by atoms with Crippen molar-refractivity contribution in [3.05, 3.63) is 70.7 Å². The van der Waals surface area contributed by atoms with Gasteiger partial charge >= 0.3 is 0 Å². The third kappa shape index (κ3) is 3.02. The van der Waals surface area contributed by atoms with Crippen LogP contribution in [0.5, 0.6) is 0 Å². The molecule has 3 rings (SSSR count). The summed E-state index contributed by atoms with van der Waals surface area (Å²) in [5.74, 6) is 0.0684. The summed E-state index contributed by atoms with van der Waals surface area (Å²) in [6.07, 6.45) is 2.19. The van der Waals surface area contributed by atoms with Gasteiger partial charge in [0.25, 0.3) is 5.91 Å². The molecule has 1 aliphatic carbocycles. The van der Waals surface area contributed by atoms with Crippen molar-refractivity contribution in [3.63, 3.8) is 0 Å². The van der Waals surface area contributed by atoms with Crippen LogP contribution in [0, 0.1) is 0 Å². The number of rotatable bonds is 4. The lowest BCUT2D eigenvalue weighted by Crippen LogP contribution is -2.32. The topological polar surface area (TPSA) is 20.3 Å². The summed E-state index contributed by atoms with van der Waals surface area (Å²) in [5.41, 5.74) is 1.83. The Labute approximate surface area is 124 Å². The van der Waals surface area contributed by atoms with E-state index in [4.69, 9.17) is 11.6 Å². The van der Waals surface area contributed by atoms with Gasteiger partial charge in [0.1, 0.15) is 0 Å². The predicted octanol–water partition coefficient (Wildman–Crippen LogP) is 4.14. The number of halogens is 1. The Bertz CT molecular complexity index is 607. The Balaban J connectivity index is 1.82. The van der Waals surface area contributed by atoms with Gasteiger partial charge in [-0.25, -0.2) is 0 Å². The van der Waals surface area contributed by atoms with Crippen LogP contribution in [0.1, 0.15) is 28.8 Å². The zero-order valence-corrected chi connectivity index (χ0v) is 11.9. The van der Waals surface area contributed by atoms with E-state index in [9.17, 15) is 4.79 Å². The maximum atomic E-state index is 12.7. The second kappa shape index (κ2) is 5.68. The Kier molecular flexibility index (Phi) is 3.75. The molecule has 0 bridgehead atoms. The number of carbonyl (C=O) groups is 1. The normalized spacial score (nSPS) is 14.1. The highest BCUT2D eigenvalue weighted by Crippen LogP contribution is 2.30. The number of hydrogen-bond acceptors (Lipinski definition) is 1. The molecule has 0 spiro atoms. The second-order valence-corrected chi connectivity index (χ2v) is 5.60. The van der Waals surface area contributed by atoms with Crippen molar-refractivity contribution in [1.29, 1.82) is 0 Å². The first-order chi connectivity index (χ1) is 9.74. The number of benzene rings is 2. The van der Waals surface area contributed by atoms with Gasteiger partial charge in [-0.05, 0) is 36.6 Å². The fourth-order valence-electron chi connectivity index (χ4n) is 2.32. The quantitative estimate of drug-likeness (QED) is 0.826. The smallest absolute Gasteiger partial charge is 0.254 e. The first kappa shape index (κ1) is 13.2. The molecule has 1 aliphatic rings. The van der Waals surface area contributed by atoms with Crippen LogP contribution in [0.4, 0.5) is 0 Å². The van der Waals surface area contributed by atoms with E-state index >= 15 is 0 Å². The zero-order valence-electron chi connectivity index (χ0n) is 11.1. The van der Waals surface area contributed by atoms with Crippen LogP contribution < -0.4 is 0 Å². The van der Waals surface area contributed by atoms with Crippen LogP contribution >= 0.6 is 11.6 Å². The monoisotopic (exact) mass is 285 g/mol. The van der Waals surface area contributed by atoms with Gasteiger partial charge < -0.3 is 4.90 Å². The number of carbonyl (C=O) groups excluding carboxylic acids is 1. The van der Waals surface area contributed by atoms with Crippen molar-refractivity contribution < 1.29 is 4.79 Å². The van der Waals surface area contributed by atoms with Crippen LogP contribution in [0.25, 0.3) is 0 Å². The molecule has 0 atom stereocenters. The highest BCUT2D eigenvalue weighted by atomic mass is 35.5. The third-order valence-corrected chi connectivity index (χ3v) is 3.75. The molecule has 0 unspecified atom stereocenters. The predicted molar refractivity (Wildman–Crippen MR) is 80.8 cm³/mol. The second-order valence-electron chi connectivity index (χ2n) is 5.16. The molecule has 1 saturated carbocycles. The molecular weight excluding hydrogens is 270 g/mol. The lowest BCUT2D eigenvalue weighted by molar-refractivity contribution is 0.0730. The van der Waals surface area contributed by atoms with Crippen molar-refractivity contribution in [2.24, 2.45) is 0 Å². The van der Waals surface area contributed by atoms with Crippen LogP contribution in [0.2, 0.25) is 5.02 Å². The molecule has 20 heavy (non-hydrogen) atoms. The van der Waals surface area contributed by atoms with Crippen molar-refractivity contribution in [2.75, 3.05) is 0 Å². The maximum absolute atomic E-state index is 12.7. The van der Waals surface area contributed by atoms with Crippen LogP contribution in [0.15, 0.2) is 54.6 Å². The van der Waals surface area contributed by atoms with Crippen molar-refractivity contribution in [3.8, 4) is 0 Å². The summed E-state index contributed by atoms with van der Waals surface area (Å²) in [7, 11) is 0. The Morgan fingerprint density at radius 3 is 2.50 bits per heavy atom. The molecule has 1 fully saturated rings. The minimum absolute atomic E-state index is 0.0684. The standard InChI is InChI=1S/C17H16ClNO/c18-15-8-4-7-14(11-15)17(20)19(16-9-10-16)12-13-5-2-1-3-6-13/h1-8,11,16H,9-10,12H2. The van der Waals surface area contributed by atoms with E-state index in [0.29, 0.717) is 23.2 Å². The summed E-state index contributed by atoms with van der Waals surface area (Å²) in [4.78, 5) is 14.6. The van der Waals surface area contributed by atoms with Gasteiger partial charge in [0.05, 0.1) is 0 Å². The van der Waals surface area contributed by atoms with Gasteiger partial charge in [-0.15, -0.1) is 0 Å². The van der Waals surface area contributed by atoms with E-state index in [-0.39, 0.29) is 5.91 Å². The van der Waals surface area contributed by atoms with Crippen LogP contribution in [-0.2, 0) is 6.54 Å². The lowest BCUT2D eigenvalue weighted by Gasteiger charge is -2.22. The van der Waals surface area contributed by atoms with Gasteiger partial charge in [0, 0.05) is 23.2 Å². The molecule has 0 aromatic heterocycles. The van der Waals surface area contributed by atoms with Gasteiger partial charge in [0.15, 0.2) is 0 Å². The Morgan fingerprint density at radius 2 is 1.85 bits per heavy atom. The SMILES string of the molecule is O=C(c1cccc(Cl)c1)N(Cc1ccccc1)C1CC1. The van der Waals surface area contributed by atoms with Crippen LogP contribution in [0.3, 0.4) is 0 Å². The summed E-state index contributed by atoms with van der Waals surface area (Å²) in [6.45, 7) is 0.664. The summed E-state index contributed by atoms with van der Waals surface area (Å²) in [5, 5.41) is 0.603. The average Bonchev–Trinajstić information content (AvgIpc) is 3.30.